The van der Waals surface area contributed by atoms with Crippen LogP contribution in [0.4, 0.5) is 24.5 Å². The lowest BCUT2D eigenvalue weighted by Crippen LogP contribution is -2.70. The van der Waals surface area contributed by atoms with Gasteiger partial charge in [-0.1, -0.05) is 0 Å². The van der Waals surface area contributed by atoms with Crippen LogP contribution in [0.25, 0.3) is 21.9 Å². The molecule has 1 unspecified atom stereocenters. The fraction of sp³-hybridized carbons (Fsp3) is 0.452. The molecule has 3 saturated heterocycles. The smallest absolute Gasteiger partial charge is 0.329 e. The monoisotopic (exact) mass is 824 g/mol. The molecular weight excluding hydrogens is 782 g/mol. The van der Waals surface area contributed by atoms with E-state index >= 15 is 13.2 Å². The van der Waals surface area contributed by atoms with Gasteiger partial charge in [-0.25, -0.2) is 18.0 Å². The van der Waals surface area contributed by atoms with E-state index in [1.807, 2.05) is 21.8 Å². The number of imidazole rings is 1. The molecule has 3 aliphatic heterocycles. The molecule has 15 nitrogen and oxygen atoms in total. The number of nitrogens with zero attached hydrogens (tertiary/aromatic N) is 8. The van der Waals surface area contributed by atoms with E-state index in [9.17, 15) is 24.4 Å². The highest BCUT2D eigenvalue weighted by atomic mass is 19.3. The molecule has 4 aliphatic rings. The van der Waals surface area contributed by atoms with Crippen molar-refractivity contribution in [3.8, 4) is 11.8 Å². The second-order valence-electron chi connectivity index (χ2n) is 16.7. The summed E-state index contributed by atoms with van der Waals surface area (Å²) < 4.78 is 58.0. The molecule has 1 saturated carbocycles. The van der Waals surface area contributed by atoms with Crippen LogP contribution in [0.1, 0.15) is 73.0 Å². The number of fused-ring (bicyclic) bond motifs is 2. The number of hydrogen-bond donors (Lipinski definition) is 2. The number of pyridine rings is 1. The zero-order chi connectivity index (χ0) is 42.1. The highest BCUT2D eigenvalue weighted by Gasteiger charge is 2.63. The number of halogens is 3. The number of rotatable bonds is 8. The minimum atomic E-state index is -3.03. The molecule has 3 aromatic heterocycles. The maximum absolute atomic E-state index is 16.2. The summed E-state index contributed by atoms with van der Waals surface area (Å²) in [5.41, 5.74) is 0.371. The molecule has 2 N–H and O–H groups in total. The zero-order valence-corrected chi connectivity index (χ0v) is 33.1. The lowest BCUT2D eigenvalue weighted by molar-refractivity contribution is -0.181. The van der Waals surface area contributed by atoms with Crippen molar-refractivity contribution in [2.24, 2.45) is 18.4 Å². The lowest BCUT2D eigenvalue weighted by atomic mass is 9.68. The molecule has 2 aromatic carbocycles. The van der Waals surface area contributed by atoms with Crippen LogP contribution in [0.5, 0.6) is 5.75 Å². The molecular formula is C42H43F3N10O5. The van der Waals surface area contributed by atoms with Gasteiger partial charge < -0.3 is 15.0 Å². The van der Waals surface area contributed by atoms with Gasteiger partial charge in [0.15, 0.2) is 0 Å². The second-order valence-corrected chi connectivity index (χ2v) is 16.7. The number of likely N-dealkylation sites (tertiary alicyclic amines) is 1. The Morgan fingerprint density at radius 3 is 2.57 bits per heavy atom. The molecule has 1 aliphatic carbocycles. The SMILES string of the molecule is COc1cc2nn(C3CCC(CN4CCC5(CN(c6c(F)ccc7c6n(C)c(=O)n7C6CCC(=O)NC6=O)C5)C(F)(F)C4)CC3)cc2cc1NC(=O)c1cncc(C#N)c1. The van der Waals surface area contributed by atoms with Crippen molar-refractivity contribution in [2.75, 3.05) is 50.1 Å². The first-order valence-electron chi connectivity index (χ1n) is 20.1. The molecule has 3 amide bonds. The third-order valence-corrected chi connectivity index (χ3v) is 13.0. The predicted molar refractivity (Wildman–Crippen MR) is 213 cm³/mol. The number of nitrogens with one attached hydrogen (secondary N) is 2. The number of aryl methyl sites for hydroxylation is 1. The van der Waals surface area contributed by atoms with Crippen LogP contribution >= 0.6 is 0 Å². The van der Waals surface area contributed by atoms with Gasteiger partial charge in [-0.2, -0.15) is 10.4 Å². The Morgan fingerprint density at radius 2 is 1.85 bits per heavy atom. The molecule has 60 heavy (non-hydrogen) atoms. The number of alkyl halides is 2. The van der Waals surface area contributed by atoms with Gasteiger partial charge in [-0.15, -0.1) is 0 Å². The predicted octanol–water partition coefficient (Wildman–Crippen LogP) is 4.91. The molecule has 312 valence electrons. The number of anilines is 2. The fourth-order valence-corrected chi connectivity index (χ4v) is 9.73. The number of amides is 3. The Bertz CT molecular complexity index is 2670. The first-order chi connectivity index (χ1) is 28.8. The van der Waals surface area contributed by atoms with Gasteiger partial charge in [0.05, 0.1) is 64.2 Å². The molecule has 6 heterocycles. The number of aromatic nitrogens is 5. The number of benzene rings is 2. The molecule has 1 spiro atoms. The third-order valence-electron chi connectivity index (χ3n) is 13.0. The number of methoxy groups -OCH3 is 1. The Labute approximate surface area is 341 Å². The maximum Gasteiger partial charge on any atom is 0.329 e. The summed E-state index contributed by atoms with van der Waals surface area (Å²) in [4.78, 5) is 58.2. The van der Waals surface area contributed by atoms with E-state index in [-0.39, 0.29) is 73.2 Å². The van der Waals surface area contributed by atoms with Crippen molar-refractivity contribution in [3.05, 3.63) is 76.4 Å². The molecule has 18 heteroatoms. The summed E-state index contributed by atoms with van der Waals surface area (Å²) in [5.74, 6) is -4.46. The molecule has 5 aromatic rings. The van der Waals surface area contributed by atoms with E-state index in [0.717, 1.165) is 31.1 Å². The summed E-state index contributed by atoms with van der Waals surface area (Å²) in [6.45, 7) is 0.520. The van der Waals surface area contributed by atoms with Crippen LogP contribution in [0.15, 0.2) is 53.7 Å². The third kappa shape index (κ3) is 6.64. The Morgan fingerprint density at radius 1 is 1.07 bits per heavy atom. The first kappa shape index (κ1) is 39.3. The molecule has 0 bridgehead atoms. The van der Waals surface area contributed by atoms with E-state index in [0.29, 0.717) is 35.6 Å². The van der Waals surface area contributed by atoms with Crippen LogP contribution in [-0.2, 0) is 16.6 Å². The van der Waals surface area contributed by atoms with Crippen LogP contribution in [0.3, 0.4) is 0 Å². The zero-order valence-electron chi connectivity index (χ0n) is 33.1. The van der Waals surface area contributed by atoms with Crippen molar-refractivity contribution >= 4 is 51.0 Å². The minimum Gasteiger partial charge on any atom is -0.494 e. The van der Waals surface area contributed by atoms with Crippen LogP contribution in [0, 0.1) is 28.5 Å². The van der Waals surface area contributed by atoms with Gasteiger partial charge in [-0.05, 0) is 75.3 Å². The Kier molecular flexibility index (Phi) is 9.68. The normalized spacial score (nSPS) is 22.7. The molecule has 9 rings (SSSR count). The van der Waals surface area contributed by atoms with Crippen molar-refractivity contribution in [3.63, 3.8) is 0 Å². The van der Waals surface area contributed by atoms with Crippen LogP contribution < -0.4 is 26.0 Å². The number of hydrogen-bond acceptors (Lipinski definition) is 10. The number of nitriles is 1. The summed E-state index contributed by atoms with van der Waals surface area (Å²) in [6.07, 6.45) is 8.49. The molecule has 4 fully saturated rings. The van der Waals surface area contributed by atoms with Crippen molar-refractivity contribution in [1.82, 2.24) is 34.1 Å². The second kappa shape index (κ2) is 14.8. The largest absolute Gasteiger partial charge is 0.494 e. The van der Waals surface area contributed by atoms with Gasteiger partial charge in [-0.3, -0.25) is 43.4 Å². The summed E-state index contributed by atoms with van der Waals surface area (Å²) in [7, 11) is 2.98. The van der Waals surface area contributed by atoms with Crippen molar-refractivity contribution in [2.45, 2.75) is 63.0 Å². The van der Waals surface area contributed by atoms with Gasteiger partial charge in [0, 0.05) is 63.1 Å². The van der Waals surface area contributed by atoms with Crippen LogP contribution in [-0.4, -0.2) is 92.3 Å². The standard InChI is InChI=1S/C42H43F3N10O5/c1-51-37-32(55(40(51)59)33-9-10-35(56)49-39(33)58)8-7-29(43)36(37)53-21-41(22-53)11-12-52(23-42(41,44)45)19-24-3-5-28(6-4-24)54-20-27-14-31(34(60-2)15-30(27)50-54)48-38(57)26-13-25(16-46)17-47-18-26/h7-8,13-15,17-18,20,24,28,33H,3-6,9-12,19,21-23H2,1-2H3,(H,48,57)(H,49,56,58). The number of carbonyl (C=O) groups is 3. The van der Waals surface area contributed by atoms with Crippen molar-refractivity contribution < 1.29 is 32.3 Å². The van der Waals surface area contributed by atoms with E-state index < -0.39 is 46.6 Å². The van der Waals surface area contributed by atoms with E-state index in [2.05, 4.69) is 15.6 Å². The van der Waals surface area contributed by atoms with E-state index in [1.54, 1.807) is 17.0 Å². The van der Waals surface area contributed by atoms with E-state index in [1.165, 1.54) is 53.9 Å². The van der Waals surface area contributed by atoms with Gasteiger partial charge >= 0.3 is 5.69 Å². The molecule has 1 atom stereocenters. The molecule has 0 radical (unpaired) electrons. The summed E-state index contributed by atoms with van der Waals surface area (Å²) >= 11 is 0. The summed E-state index contributed by atoms with van der Waals surface area (Å²) in [5, 5.41) is 19.9. The Hall–Kier alpha value is -6.22. The summed E-state index contributed by atoms with van der Waals surface area (Å²) in [6, 6.07) is 8.79. The maximum atomic E-state index is 16.2. The lowest BCUT2D eigenvalue weighted by Gasteiger charge is -2.58. The minimum absolute atomic E-state index is 0.0578. The van der Waals surface area contributed by atoms with Gasteiger partial charge in [0.1, 0.15) is 23.7 Å². The Balaban J connectivity index is 0.824. The fourth-order valence-electron chi connectivity index (χ4n) is 9.73. The average molecular weight is 825 g/mol. The number of piperidine rings is 2. The van der Waals surface area contributed by atoms with E-state index in [4.69, 9.17) is 9.84 Å². The topological polar surface area (TPSA) is 172 Å². The highest BCUT2D eigenvalue weighted by molar-refractivity contribution is 6.06. The van der Waals surface area contributed by atoms with Crippen molar-refractivity contribution in [1.29, 1.82) is 5.26 Å². The van der Waals surface area contributed by atoms with Gasteiger partial charge in [0.25, 0.3) is 11.8 Å². The first-order valence-corrected chi connectivity index (χ1v) is 20.1. The quantitative estimate of drug-likeness (QED) is 0.205. The average Bonchev–Trinajstić information content (AvgIpc) is 3.74. The number of imide groups is 1. The van der Waals surface area contributed by atoms with Crippen LogP contribution in [0.2, 0.25) is 0 Å². The van der Waals surface area contributed by atoms with Gasteiger partial charge in [0.2, 0.25) is 11.8 Å². The highest BCUT2D eigenvalue weighted by Crippen LogP contribution is 2.53. The number of carbonyl (C=O) groups excluding carboxylic acids is 3. The number of ether oxygens (including phenoxy) is 1.